The van der Waals surface area contributed by atoms with E-state index in [1.54, 1.807) is 11.8 Å². The zero-order valence-corrected chi connectivity index (χ0v) is 18.5. The van der Waals surface area contributed by atoms with Crippen LogP contribution in [0, 0.1) is 11.5 Å². The van der Waals surface area contributed by atoms with Gasteiger partial charge in [-0.2, -0.15) is 23.4 Å². The first-order valence-corrected chi connectivity index (χ1v) is 11.2. The van der Waals surface area contributed by atoms with Crippen molar-refractivity contribution in [2.75, 3.05) is 0 Å². The molecule has 0 nitrogen and oxygen atoms in total. The number of allylic oxidation sites excluding steroid dienone is 5. The van der Waals surface area contributed by atoms with Crippen molar-refractivity contribution in [3.05, 3.63) is 70.7 Å². The number of hydrogen-bond donors (Lipinski definition) is 0. The van der Waals surface area contributed by atoms with Crippen LogP contribution in [0.1, 0.15) is 17.5 Å². The fourth-order valence-corrected chi connectivity index (χ4v) is 3.46. The van der Waals surface area contributed by atoms with E-state index in [-0.39, 0.29) is 24.8 Å². The molecule has 0 saturated heterocycles. The van der Waals surface area contributed by atoms with Crippen LogP contribution in [-0.4, -0.2) is 4.16 Å². The van der Waals surface area contributed by atoms with Gasteiger partial charge in [-0.25, -0.2) is 12.2 Å². The molecular weight excluding hydrogens is 498 g/mol. The summed E-state index contributed by atoms with van der Waals surface area (Å²) < 4.78 is 0.398. The van der Waals surface area contributed by atoms with E-state index in [9.17, 15) is 0 Å². The Morgan fingerprint density at radius 1 is 1.23 bits per heavy atom. The molecule has 0 aromatic heterocycles. The quantitative estimate of drug-likeness (QED) is 0.347. The average molecular weight is 509 g/mol. The molecule has 6 heteroatoms. The molecule has 4 rings (SSSR count). The van der Waals surface area contributed by atoms with E-state index in [1.807, 2.05) is 12.2 Å². The van der Waals surface area contributed by atoms with Gasteiger partial charge in [0.05, 0.1) is 0 Å². The molecule has 1 unspecified atom stereocenters. The normalized spacial score (nSPS) is 18.2. The number of fused-ring (bicyclic) bond motifs is 3. The summed E-state index contributed by atoms with van der Waals surface area (Å²) in [6, 6.07) is 8.47. The molecule has 1 aliphatic heterocycles. The Hall–Kier alpha value is 0.693. The number of thioether (sulfide) groups is 1. The van der Waals surface area contributed by atoms with Crippen LogP contribution in [0.15, 0.2) is 48.1 Å². The summed E-state index contributed by atoms with van der Waals surface area (Å²) in [5.41, 5.74) is 5.30. The van der Waals surface area contributed by atoms with Crippen LogP contribution in [0.3, 0.4) is 0 Å². The van der Waals surface area contributed by atoms with E-state index in [4.69, 9.17) is 0 Å². The van der Waals surface area contributed by atoms with Gasteiger partial charge in [0.1, 0.15) is 0 Å². The Morgan fingerprint density at radius 2 is 1.95 bits per heavy atom. The van der Waals surface area contributed by atoms with Gasteiger partial charge in [0, 0.05) is 4.16 Å². The third kappa shape index (κ3) is 5.65. The Kier molecular flexibility index (Phi) is 12.5. The summed E-state index contributed by atoms with van der Waals surface area (Å²) in [4.78, 5) is 0. The second-order valence-electron chi connectivity index (χ2n) is 4.10. The molecule has 0 fully saturated rings. The molecule has 114 valence electrons. The first-order valence-electron chi connectivity index (χ1n) is 6.02. The molecule has 0 radical (unpaired) electrons. The molecule has 1 aromatic rings. The first kappa shape index (κ1) is 22.7. The molecule has 0 amide bonds. The fraction of sp³-hybridized carbons (Fsp3) is 0.125. The fourth-order valence-electron chi connectivity index (χ4n) is 2.05. The summed E-state index contributed by atoms with van der Waals surface area (Å²) in [6.07, 6.45) is 12.2. The van der Waals surface area contributed by atoms with Gasteiger partial charge < -0.3 is 24.8 Å². The van der Waals surface area contributed by atoms with Gasteiger partial charge in [-0.1, -0.05) is 39.7 Å². The summed E-state index contributed by atoms with van der Waals surface area (Å²) in [7, 11) is 4.17. The zero-order chi connectivity index (χ0) is 14.4. The molecule has 0 N–H and O–H groups in total. The van der Waals surface area contributed by atoms with E-state index in [2.05, 4.69) is 72.7 Å². The molecule has 3 aliphatic rings. The van der Waals surface area contributed by atoms with Gasteiger partial charge in [-0.15, -0.1) is 35.1 Å². The van der Waals surface area contributed by atoms with E-state index in [0.717, 1.165) is 29.1 Å². The van der Waals surface area contributed by atoms with Crippen LogP contribution >= 0.6 is 36.5 Å². The molecule has 1 heterocycles. The summed E-state index contributed by atoms with van der Waals surface area (Å²) in [6.45, 7) is 0. The Balaban J connectivity index is 0.000000422. The topological polar surface area (TPSA) is 0 Å². The van der Waals surface area contributed by atoms with Gasteiger partial charge in [0.2, 0.25) is 0 Å². The Labute approximate surface area is 175 Å². The molecule has 2 aliphatic carbocycles. The summed E-state index contributed by atoms with van der Waals surface area (Å²) in [5.74, 6) is 0. The number of halogens is 3. The maximum absolute atomic E-state index is 4.17. The van der Waals surface area contributed by atoms with Crippen LogP contribution in [-0.2, 0) is 22.7 Å². The monoisotopic (exact) mass is 506 g/mol. The maximum atomic E-state index is 4.17. The van der Waals surface area contributed by atoms with Gasteiger partial charge >= 0.3 is 31.5 Å². The molecule has 0 bridgehead atoms. The Morgan fingerprint density at radius 3 is 2.55 bits per heavy atom. The first-order chi connectivity index (χ1) is 9.86. The van der Waals surface area contributed by atoms with Crippen molar-refractivity contribution in [1.82, 2.24) is 0 Å². The molecule has 22 heavy (non-hydrogen) atoms. The van der Waals surface area contributed by atoms with Gasteiger partial charge in [0.25, 0.3) is 0 Å². The van der Waals surface area contributed by atoms with Gasteiger partial charge in [0.15, 0.2) is 0 Å². The minimum absolute atomic E-state index is 0. The molecular formula is C16H11BrCl2S2Zr-2. The Bertz CT molecular complexity index is 602. The number of hydrogen-bond acceptors (Lipinski definition) is 2. The molecule has 0 spiro atoms. The second kappa shape index (κ2) is 12.1. The van der Waals surface area contributed by atoms with Crippen molar-refractivity contribution in [1.29, 1.82) is 0 Å². The van der Waals surface area contributed by atoms with E-state index >= 15 is 0 Å². The molecule has 0 saturated carbocycles. The minimum atomic E-state index is 0. The number of rotatable bonds is 0. The van der Waals surface area contributed by atoms with Crippen LogP contribution < -0.4 is 24.8 Å². The van der Waals surface area contributed by atoms with Crippen LogP contribution in [0.5, 0.6) is 0 Å². The average Bonchev–Trinajstić information content (AvgIpc) is 3.22. The second-order valence-corrected chi connectivity index (χ2v) is 6.53. The van der Waals surface area contributed by atoms with Crippen molar-refractivity contribution in [3.63, 3.8) is 0 Å². The number of alkyl halides is 1. The predicted octanol–water partition coefficient (Wildman–Crippen LogP) is -0.345. The van der Waals surface area contributed by atoms with Crippen molar-refractivity contribution in [3.8, 4) is 0 Å². The molecule has 1 atom stereocenters. The standard InChI is InChI=1S/C11H6BrS.C5H5.2ClH.S.Zr/c12-11-9-5-7-3-1-2-4-8(7)10(9)6-13-11;1-2-4-5-3-1;;;;/h1-5,11H;1-3H,4H2;2*1H;;/q2*-1;;;;+2/p-2. The van der Waals surface area contributed by atoms with Crippen molar-refractivity contribution >= 4 is 48.2 Å². The summed E-state index contributed by atoms with van der Waals surface area (Å²) >= 11 is 6.46. The van der Waals surface area contributed by atoms with Crippen molar-refractivity contribution in [2.24, 2.45) is 0 Å². The van der Waals surface area contributed by atoms with E-state index in [0.29, 0.717) is 4.16 Å². The van der Waals surface area contributed by atoms with E-state index in [1.165, 1.54) is 22.3 Å². The SMILES string of the molecule is BrC1S[C-]=C2C1=Cc1ccccc12.[C-]1=CC=CC1.[Cl-].[Cl-].[S]=[Zr+2]. The summed E-state index contributed by atoms with van der Waals surface area (Å²) in [5, 5.41) is 3.34. The van der Waals surface area contributed by atoms with Crippen molar-refractivity contribution < 1.29 is 47.5 Å². The van der Waals surface area contributed by atoms with Gasteiger partial charge in [-0.05, 0) is 0 Å². The van der Waals surface area contributed by atoms with Gasteiger partial charge in [-0.3, -0.25) is 6.08 Å². The number of benzene rings is 1. The zero-order valence-electron chi connectivity index (χ0n) is 11.4. The van der Waals surface area contributed by atoms with Crippen molar-refractivity contribution in [2.45, 2.75) is 10.6 Å². The van der Waals surface area contributed by atoms with Crippen LogP contribution in [0.2, 0.25) is 0 Å². The van der Waals surface area contributed by atoms with Crippen LogP contribution in [0.25, 0.3) is 11.6 Å². The van der Waals surface area contributed by atoms with Crippen LogP contribution in [0.4, 0.5) is 0 Å². The third-order valence-corrected chi connectivity index (χ3v) is 4.76. The van der Waals surface area contributed by atoms with E-state index < -0.39 is 0 Å². The third-order valence-electron chi connectivity index (χ3n) is 2.92. The molecule has 1 aromatic carbocycles. The predicted molar refractivity (Wildman–Crippen MR) is 90.5 cm³/mol.